The van der Waals surface area contributed by atoms with Crippen molar-refractivity contribution >= 4 is 21.6 Å². The van der Waals surface area contributed by atoms with E-state index in [9.17, 15) is 13.2 Å². The molecule has 1 aromatic heterocycles. The third-order valence-electron chi connectivity index (χ3n) is 3.87. The molecule has 0 radical (unpaired) electrons. The summed E-state index contributed by atoms with van der Waals surface area (Å²) >= 11 is 0. The monoisotopic (exact) mass is 392 g/mol. The maximum absolute atomic E-state index is 12.5. The Morgan fingerprint density at radius 2 is 1.75 bits per heavy atom. The lowest BCUT2D eigenvalue weighted by Crippen LogP contribution is -2.23. The molecule has 0 saturated carbocycles. The molecule has 0 atom stereocenters. The van der Waals surface area contributed by atoms with Gasteiger partial charge in [-0.15, -0.1) is 0 Å². The number of rotatable bonds is 6. The Balaban J connectivity index is 1.68. The van der Waals surface area contributed by atoms with Crippen LogP contribution in [0.4, 0.5) is 5.69 Å². The van der Waals surface area contributed by atoms with Crippen LogP contribution in [-0.2, 0) is 16.6 Å². The number of aromatic nitrogens is 1. The van der Waals surface area contributed by atoms with Gasteiger partial charge in [-0.05, 0) is 60.2 Å². The predicted molar refractivity (Wildman–Crippen MR) is 104 cm³/mol. The number of amides is 1. The van der Waals surface area contributed by atoms with Gasteiger partial charge in [0.1, 0.15) is 0 Å². The molecule has 0 spiro atoms. The topological polar surface area (TPSA) is 112 Å². The van der Waals surface area contributed by atoms with E-state index in [4.69, 9.17) is 5.26 Å². The standard InChI is InChI=1S/C20H16N4O3S/c21-13-16-2-1-3-18(12-16)24-28(26,27)19-6-4-17(5-7-19)20(25)23-14-15-8-10-22-11-9-15/h1-12,24H,14H2,(H,23,25). The van der Waals surface area contributed by atoms with E-state index in [1.165, 1.54) is 30.3 Å². The summed E-state index contributed by atoms with van der Waals surface area (Å²) in [5.74, 6) is -0.310. The Labute approximate surface area is 162 Å². The number of hydrogen-bond acceptors (Lipinski definition) is 5. The van der Waals surface area contributed by atoms with Crippen LogP contribution in [0.2, 0.25) is 0 Å². The number of carbonyl (C=O) groups is 1. The zero-order chi connectivity index (χ0) is 20.0. The molecule has 0 fully saturated rings. The SMILES string of the molecule is N#Cc1cccc(NS(=O)(=O)c2ccc(C(=O)NCc3ccncc3)cc2)c1. The Morgan fingerprint density at radius 1 is 1.04 bits per heavy atom. The van der Waals surface area contributed by atoms with Crippen LogP contribution in [0.5, 0.6) is 0 Å². The summed E-state index contributed by atoms with van der Waals surface area (Å²) in [5.41, 5.74) is 1.89. The van der Waals surface area contributed by atoms with Crippen molar-refractivity contribution in [1.29, 1.82) is 5.26 Å². The third kappa shape index (κ3) is 4.72. The minimum Gasteiger partial charge on any atom is -0.348 e. The molecule has 1 heterocycles. The molecule has 3 aromatic rings. The van der Waals surface area contributed by atoms with Crippen molar-refractivity contribution in [2.24, 2.45) is 0 Å². The van der Waals surface area contributed by atoms with Gasteiger partial charge in [0, 0.05) is 24.5 Å². The number of nitriles is 1. The summed E-state index contributed by atoms with van der Waals surface area (Å²) in [6.45, 7) is 0.345. The van der Waals surface area contributed by atoms with Crippen LogP contribution in [0.1, 0.15) is 21.5 Å². The van der Waals surface area contributed by atoms with Crippen LogP contribution in [0.3, 0.4) is 0 Å². The Morgan fingerprint density at radius 3 is 2.43 bits per heavy atom. The summed E-state index contributed by atoms with van der Waals surface area (Å²) in [7, 11) is -3.83. The highest BCUT2D eigenvalue weighted by molar-refractivity contribution is 7.92. The molecule has 0 aliphatic carbocycles. The van der Waals surface area contributed by atoms with Crippen LogP contribution in [0, 0.1) is 11.3 Å². The highest BCUT2D eigenvalue weighted by atomic mass is 32.2. The van der Waals surface area contributed by atoms with Gasteiger partial charge in [-0.25, -0.2) is 8.42 Å². The van der Waals surface area contributed by atoms with Crippen LogP contribution < -0.4 is 10.0 Å². The van der Waals surface area contributed by atoms with E-state index in [-0.39, 0.29) is 10.8 Å². The number of pyridine rings is 1. The first-order chi connectivity index (χ1) is 13.5. The fourth-order valence-corrected chi connectivity index (χ4v) is 3.49. The van der Waals surface area contributed by atoms with Gasteiger partial charge < -0.3 is 5.32 Å². The van der Waals surface area contributed by atoms with Crippen molar-refractivity contribution in [3.8, 4) is 6.07 Å². The number of carbonyl (C=O) groups excluding carboxylic acids is 1. The van der Waals surface area contributed by atoms with E-state index in [1.807, 2.05) is 6.07 Å². The number of nitrogens with one attached hydrogen (secondary N) is 2. The fraction of sp³-hybridized carbons (Fsp3) is 0.0500. The summed E-state index contributed by atoms with van der Waals surface area (Å²) in [4.78, 5) is 16.1. The van der Waals surface area contributed by atoms with Gasteiger partial charge in [0.2, 0.25) is 0 Å². The lowest BCUT2D eigenvalue weighted by atomic mass is 10.2. The van der Waals surface area contributed by atoms with Crippen molar-refractivity contribution < 1.29 is 13.2 Å². The first kappa shape index (κ1) is 19.1. The normalized spacial score (nSPS) is 10.7. The van der Waals surface area contributed by atoms with Crippen molar-refractivity contribution in [3.63, 3.8) is 0 Å². The fourth-order valence-electron chi connectivity index (χ4n) is 2.44. The number of nitrogens with zero attached hydrogens (tertiary/aromatic N) is 2. The third-order valence-corrected chi connectivity index (χ3v) is 5.27. The summed E-state index contributed by atoms with van der Waals surface area (Å²) < 4.78 is 27.4. The number of anilines is 1. The second-order valence-electron chi connectivity index (χ2n) is 5.86. The first-order valence-electron chi connectivity index (χ1n) is 8.28. The van der Waals surface area contributed by atoms with E-state index < -0.39 is 10.0 Å². The highest BCUT2D eigenvalue weighted by Gasteiger charge is 2.15. The molecular weight excluding hydrogens is 376 g/mol. The maximum atomic E-state index is 12.5. The maximum Gasteiger partial charge on any atom is 0.261 e. The number of benzene rings is 2. The Kier molecular flexibility index (Phi) is 5.67. The highest BCUT2D eigenvalue weighted by Crippen LogP contribution is 2.17. The van der Waals surface area contributed by atoms with Crippen molar-refractivity contribution in [1.82, 2.24) is 10.3 Å². The van der Waals surface area contributed by atoms with Gasteiger partial charge >= 0.3 is 0 Å². The van der Waals surface area contributed by atoms with E-state index in [1.54, 1.807) is 42.7 Å². The Hall–Kier alpha value is -3.70. The van der Waals surface area contributed by atoms with Gasteiger partial charge in [-0.3, -0.25) is 14.5 Å². The minimum atomic E-state index is -3.83. The zero-order valence-corrected chi connectivity index (χ0v) is 15.5. The molecule has 0 aliphatic heterocycles. The van der Waals surface area contributed by atoms with E-state index >= 15 is 0 Å². The van der Waals surface area contributed by atoms with Gasteiger partial charge in [-0.1, -0.05) is 6.07 Å². The lowest BCUT2D eigenvalue weighted by molar-refractivity contribution is 0.0951. The van der Waals surface area contributed by atoms with Crippen molar-refractivity contribution in [3.05, 3.63) is 89.7 Å². The molecule has 2 aromatic carbocycles. The van der Waals surface area contributed by atoms with Gasteiger partial charge in [0.05, 0.1) is 22.2 Å². The molecule has 0 saturated heterocycles. The Bertz CT molecular complexity index is 1120. The molecule has 0 bridgehead atoms. The average molecular weight is 392 g/mol. The van der Waals surface area contributed by atoms with Crippen molar-refractivity contribution in [2.75, 3.05) is 4.72 Å². The predicted octanol–water partition coefficient (Wildman–Crippen LogP) is 2.68. The first-order valence-corrected chi connectivity index (χ1v) is 9.76. The molecule has 1 amide bonds. The van der Waals surface area contributed by atoms with Crippen LogP contribution >= 0.6 is 0 Å². The average Bonchev–Trinajstić information content (AvgIpc) is 2.72. The smallest absolute Gasteiger partial charge is 0.261 e. The van der Waals surface area contributed by atoms with Gasteiger partial charge in [0.15, 0.2) is 0 Å². The van der Waals surface area contributed by atoms with Crippen LogP contribution in [-0.4, -0.2) is 19.3 Å². The van der Waals surface area contributed by atoms with E-state index in [0.29, 0.717) is 23.4 Å². The molecule has 7 nitrogen and oxygen atoms in total. The summed E-state index contributed by atoms with van der Waals surface area (Å²) in [6.07, 6.45) is 3.28. The van der Waals surface area contributed by atoms with E-state index in [2.05, 4.69) is 15.0 Å². The second-order valence-corrected chi connectivity index (χ2v) is 7.54. The number of sulfonamides is 1. The largest absolute Gasteiger partial charge is 0.348 e. The molecule has 0 unspecified atom stereocenters. The van der Waals surface area contributed by atoms with E-state index in [0.717, 1.165) is 5.56 Å². The van der Waals surface area contributed by atoms with Gasteiger partial charge in [-0.2, -0.15) is 5.26 Å². The zero-order valence-electron chi connectivity index (χ0n) is 14.7. The molecule has 28 heavy (non-hydrogen) atoms. The van der Waals surface area contributed by atoms with Crippen LogP contribution in [0.25, 0.3) is 0 Å². The minimum absolute atomic E-state index is 0.0144. The molecule has 3 rings (SSSR count). The van der Waals surface area contributed by atoms with Crippen LogP contribution in [0.15, 0.2) is 78.0 Å². The van der Waals surface area contributed by atoms with Gasteiger partial charge in [0.25, 0.3) is 15.9 Å². The quantitative estimate of drug-likeness (QED) is 0.670. The molecular formula is C20H16N4O3S. The molecule has 8 heteroatoms. The molecule has 2 N–H and O–H groups in total. The summed E-state index contributed by atoms with van der Waals surface area (Å²) in [6, 6.07) is 17.3. The number of hydrogen-bond donors (Lipinski definition) is 2. The molecule has 0 aliphatic rings. The lowest BCUT2D eigenvalue weighted by Gasteiger charge is -2.09. The summed E-state index contributed by atoms with van der Waals surface area (Å²) in [5, 5.41) is 11.7. The second kappa shape index (κ2) is 8.33. The van der Waals surface area contributed by atoms with Crippen molar-refractivity contribution in [2.45, 2.75) is 11.4 Å². The molecule has 140 valence electrons.